The minimum absolute atomic E-state index is 0.0420. The number of benzene rings is 2. The van der Waals surface area contributed by atoms with Crippen molar-refractivity contribution in [3.8, 4) is 5.75 Å². The number of likely N-dealkylation sites (tertiary alicyclic amines) is 1. The van der Waals surface area contributed by atoms with Gasteiger partial charge in [0.1, 0.15) is 5.75 Å². The Morgan fingerprint density at radius 2 is 1.90 bits per heavy atom. The summed E-state index contributed by atoms with van der Waals surface area (Å²) >= 11 is 5.92. The van der Waals surface area contributed by atoms with E-state index < -0.39 is 0 Å². The van der Waals surface area contributed by atoms with Crippen LogP contribution in [-0.2, 0) is 11.2 Å². The summed E-state index contributed by atoms with van der Waals surface area (Å²) in [6.45, 7) is 2.03. The van der Waals surface area contributed by atoms with Gasteiger partial charge in [-0.05, 0) is 61.6 Å². The lowest BCUT2D eigenvalue weighted by atomic mass is 9.98. The molecule has 30 heavy (non-hydrogen) atoms. The Kier molecular flexibility index (Phi) is 6.58. The number of hydrogen-bond acceptors (Lipinski definition) is 3. The first-order valence-corrected chi connectivity index (χ1v) is 11.0. The van der Waals surface area contributed by atoms with Crippen molar-refractivity contribution in [2.75, 3.05) is 19.7 Å². The van der Waals surface area contributed by atoms with Crippen molar-refractivity contribution in [1.82, 2.24) is 10.2 Å². The van der Waals surface area contributed by atoms with Gasteiger partial charge in [0, 0.05) is 35.6 Å². The summed E-state index contributed by atoms with van der Waals surface area (Å²) in [5, 5.41) is 3.67. The lowest BCUT2D eigenvalue weighted by Gasteiger charge is -2.32. The fourth-order valence-electron chi connectivity index (χ4n) is 3.75. The SMILES string of the molecule is O=C(NC1CC1)c1cccc(OC[C@@H]2CCCN(C(=O)Cc3ccc(Cl)cc3)C2)c1. The van der Waals surface area contributed by atoms with Gasteiger partial charge in [-0.1, -0.05) is 29.8 Å². The molecule has 0 unspecified atom stereocenters. The summed E-state index contributed by atoms with van der Waals surface area (Å²) in [7, 11) is 0. The quantitative estimate of drug-likeness (QED) is 0.725. The monoisotopic (exact) mass is 426 g/mol. The third kappa shape index (κ3) is 5.76. The largest absolute Gasteiger partial charge is 0.493 e. The van der Waals surface area contributed by atoms with Crippen LogP contribution in [0.3, 0.4) is 0 Å². The van der Waals surface area contributed by atoms with Crippen molar-refractivity contribution in [3.05, 3.63) is 64.7 Å². The average Bonchev–Trinajstić information content (AvgIpc) is 3.58. The number of ether oxygens (including phenoxy) is 1. The first-order chi connectivity index (χ1) is 14.6. The van der Waals surface area contributed by atoms with Gasteiger partial charge < -0.3 is 15.0 Å². The molecule has 0 radical (unpaired) electrons. The topological polar surface area (TPSA) is 58.6 Å². The number of carbonyl (C=O) groups excluding carboxylic acids is 2. The molecule has 1 saturated heterocycles. The zero-order valence-corrected chi connectivity index (χ0v) is 17.7. The summed E-state index contributed by atoms with van der Waals surface area (Å²) < 4.78 is 5.98. The molecule has 0 aromatic heterocycles. The molecule has 1 atom stereocenters. The number of piperidine rings is 1. The number of carbonyl (C=O) groups is 2. The van der Waals surface area contributed by atoms with Crippen LogP contribution in [0.15, 0.2) is 48.5 Å². The van der Waals surface area contributed by atoms with Crippen LogP contribution in [0.1, 0.15) is 41.6 Å². The molecular weight excluding hydrogens is 400 g/mol. The molecule has 6 heteroatoms. The second kappa shape index (κ2) is 9.52. The first-order valence-electron chi connectivity index (χ1n) is 10.6. The minimum atomic E-state index is -0.0420. The molecule has 0 spiro atoms. The van der Waals surface area contributed by atoms with Gasteiger partial charge in [0.05, 0.1) is 13.0 Å². The van der Waals surface area contributed by atoms with Gasteiger partial charge in [-0.25, -0.2) is 0 Å². The lowest BCUT2D eigenvalue weighted by molar-refractivity contribution is -0.132. The predicted octanol–water partition coefficient (Wildman–Crippen LogP) is 4.09. The van der Waals surface area contributed by atoms with Gasteiger partial charge in [0.2, 0.25) is 5.91 Å². The van der Waals surface area contributed by atoms with E-state index in [0.717, 1.165) is 37.8 Å². The number of halogens is 1. The van der Waals surface area contributed by atoms with E-state index in [0.29, 0.717) is 41.9 Å². The van der Waals surface area contributed by atoms with Gasteiger partial charge in [0.15, 0.2) is 0 Å². The van der Waals surface area contributed by atoms with Crippen LogP contribution in [0.5, 0.6) is 5.75 Å². The molecule has 2 fully saturated rings. The summed E-state index contributed by atoms with van der Waals surface area (Å²) in [6.07, 6.45) is 4.54. The van der Waals surface area contributed by atoms with Gasteiger partial charge in [-0.2, -0.15) is 0 Å². The smallest absolute Gasteiger partial charge is 0.251 e. The van der Waals surface area contributed by atoms with E-state index in [1.54, 1.807) is 6.07 Å². The number of amides is 2. The van der Waals surface area contributed by atoms with Crippen LogP contribution in [0.4, 0.5) is 0 Å². The maximum absolute atomic E-state index is 12.7. The molecule has 2 aromatic rings. The van der Waals surface area contributed by atoms with Gasteiger partial charge in [0.25, 0.3) is 5.91 Å². The third-order valence-electron chi connectivity index (χ3n) is 5.63. The highest BCUT2D eigenvalue weighted by Gasteiger charge is 2.25. The second-order valence-electron chi connectivity index (χ2n) is 8.24. The van der Waals surface area contributed by atoms with E-state index in [4.69, 9.17) is 16.3 Å². The molecule has 1 aliphatic heterocycles. The Labute approximate surface area is 182 Å². The Hall–Kier alpha value is -2.53. The van der Waals surface area contributed by atoms with Crippen molar-refractivity contribution in [3.63, 3.8) is 0 Å². The zero-order valence-electron chi connectivity index (χ0n) is 17.0. The zero-order chi connectivity index (χ0) is 20.9. The molecule has 2 aromatic carbocycles. The van der Waals surface area contributed by atoms with Crippen molar-refractivity contribution in [2.45, 2.75) is 38.1 Å². The molecule has 158 valence electrons. The number of rotatable bonds is 7. The van der Waals surface area contributed by atoms with Crippen molar-refractivity contribution < 1.29 is 14.3 Å². The molecule has 4 rings (SSSR count). The highest BCUT2D eigenvalue weighted by Crippen LogP contribution is 2.22. The molecular formula is C24H27ClN2O3. The van der Waals surface area contributed by atoms with Crippen molar-refractivity contribution in [2.24, 2.45) is 5.92 Å². The summed E-state index contributed by atoms with van der Waals surface area (Å²) in [5.74, 6) is 1.08. The maximum atomic E-state index is 12.7. The minimum Gasteiger partial charge on any atom is -0.493 e. The van der Waals surface area contributed by atoms with Crippen LogP contribution in [0, 0.1) is 5.92 Å². The lowest BCUT2D eigenvalue weighted by Crippen LogP contribution is -2.42. The van der Waals surface area contributed by atoms with Crippen molar-refractivity contribution >= 4 is 23.4 Å². The van der Waals surface area contributed by atoms with E-state index in [1.165, 1.54) is 0 Å². The third-order valence-corrected chi connectivity index (χ3v) is 5.89. The fraction of sp³-hybridized carbons (Fsp3) is 0.417. The van der Waals surface area contributed by atoms with Crippen LogP contribution >= 0.6 is 11.6 Å². The first kappa shape index (κ1) is 20.7. The number of nitrogens with zero attached hydrogens (tertiary/aromatic N) is 1. The van der Waals surface area contributed by atoms with Crippen LogP contribution in [-0.4, -0.2) is 42.5 Å². The number of hydrogen-bond donors (Lipinski definition) is 1. The Bertz CT molecular complexity index is 896. The Morgan fingerprint density at radius 1 is 1.10 bits per heavy atom. The standard InChI is InChI=1S/C24H27ClN2O3/c25-20-8-6-17(7-9-20)13-23(28)27-12-2-3-18(15-27)16-30-22-5-1-4-19(14-22)24(29)26-21-10-11-21/h1,4-9,14,18,21H,2-3,10-13,15-16H2,(H,26,29)/t18-/m1/s1. The van der Waals surface area contributed by atoms with Crippen LogP contribution in [0.2, 0.25) is 5.02 Å². The van der Waals surface area contributed by atoms with Gasteiger partial charge >= 0.3 is 0 Å². The number of nitrogens with one attached hydrogen (secondary N) is 1. The van der Waals surface area contributed by atoms with Crippen LogP contribution in [0.25, 0.3) is 0 Å². The molecule has 1 N–H and O–H groups in total. The molecule has 1 heterocycles. The maximum Gasteiger partial charge on any atom is 0.251 e. The van der Waals surface area contributed by atoms with E-state index in [9.17, 15) is 9.59 Å². The molecule has 5 nitrogen and oxygen atoms in total. The van der Waals surface area contributed by atoms with Crippen molar-refractivity contribution in [1.29, 1.82) is 0 Å². The Balaban J connectivity index is 1.28. The normalized spacial score (nSPS) is 18.7. The highest BCUT2D eigenvalue weighted by molar-refractivity contribution is 6.30. The Morgan fingerprint density at radius 3 is 2.67 bits per heavy atom. The summed E-state index contributed by atoms with van der Waals surface area (Å²) in [6, 6.07) is 15.1. The summed E-state index contributed by atoms with van der Waals surface area (Å²) in [5.41, 5.74) is 1.60. The molecule has 2 aliphatic rings. The molecule has 1 saturated carbocycles. The predicted molar refractivity (Wildman–Crippen MR) is 117 cm³/mol. The highest BCUT2D eigenvalue weighted by atomic mass is 35.5. The van der Waals surface area contributed by atoms with E-state index in [1.807, 2.05) is 47.4 Å². The van der Waals surface area contributed by atoms with E-state index in [2.05, 4.69) is 5.32 Å². The molecule has 1 aliphatic carbocycles. The van der Waals surface area contributed by atoms with E-state index >= 15 is 0 Å². The fourth-order valence-corrected chi connectivity index (χ4v) is 3.88. The van der Waals surface area contributed by atoms with E-state index in [-0.39, 0.29) is 17.7 Å². The van der Waals surface area contributed by atoms with Gasteiger partial charge in [-0.15, -0.1) is 0 Å². The second-order valence-corrected chi connectivity index (χ2v) is 8.67. The van der Waals surface area contributed by atoms with Gasteiger partial charge in [-0.3, -0.25) is 9.59 Å². The molecule has 0 bridgehead atoms. The van der Waals surface area contributed by atoms with Crippen LogP contribution < -0.4 is 10.1 Å². The average molecular weight is 427 g/mol. The molecule has 2 amide bonds. The summed E-state index contributed by atoms with van der Waals surface area (Å²) in [4.78, 5) is 26.9.